The van der Waals surface area contributed by atoms with Crippen LogP contribution in [0.1, 0.15) is 5.56 Å². The second kappa shape index (κ2) is 5.56. The summed E-state index contributed by atoms with van der Waals surface area (Å²) in [7, 11) is 0. The Bertz CT molecular complexity index is 555. The van der Waals surface area contributed by atoms with Crippen LogP contribution >= 0.6 is 11.6 Å². The molecular formula is C14H13ClN2O. The second-order valence-corrected chi connectivity index (χ2v) is 4.34. The molecule has 0 unspecified atom stereocenters. The van der Waals surface area contributed by atoms with Gasteiger partial charge in [0.25, 0.3) is 0 Å². The number of hydrogen-bond donors (Lipinski definition) is 2. The molecule has 2 amide bonds. The molecule has 0 aromatic heterocycles. The van der Waals surface area contributed by atoms with Gasteiger partial charge in [-0.3, -0.25) is 0 Å². The Morgan fingerprint density at radius 1 is 1.06 bits per heavy atom. The summed E-state index contributed by atoms with van der Waals surface area (Å²) in [6.07, 6.45) is 0. The fourth-order valence-corrected chi connectivity index (χ4v) is 1.71. The smallest absolute Gasteiger partial charge is 0.308 e. The molecule has 0 saturated heterocycles. The zero-order chi connectivity index (χ0) is 13.0. The minimum atomic E-state index is -0.286. The van der Waals surface area contributed by atoms with Crippen LogP contribution in [0.5, 0.6) is 0 Å². The molecule has 0 saturated carbocycles. The molecule has 0 aliphatic heterocycles. The molecule has 4 heteroatoms. The van der Waals surface area contributed by atoms with Crippen LogP contribution in [0.4, 0.5) is 16.2 Å². The Morgan fingerprint density at radius 2 is 1.78 bits per heavy atom. The quantitative estimate of drug-likeness (QED) is 0.831. The number of carbonyl (C=O) groups excluding carboxylic acids is 1. The number of para-hydroxylation sites is 1. The van der Waals surface area contributed by atoms with Crippen molar-refractivity contribution < 1.29 is 4.79 Å². The van der Waals surface area contributed by atoms with Crippen molar-refractivity contribution in [2.45, 2.75) is 6.92 Å². The van der Waals surface area contributed by atoms with Crippen molar-refractivity contribution in [3.63, 3.8) is 0 Å². The van der Waals surface area contributed by atoms with E-state index in [0.29, 0.717) is 10.7 Å². The van der Waals surface area contributed by atoms with E-state index in [1.54, 1.807) is 12.1 Å². The van der Waals surface area contributed by atoms with Crippen LogP contribution < -0.4 is 10.6 Å². The van der Waals surface area contributed by atoms with E-state index < -0.39 is 0 Å². The lowest BCUT2D eigenvalue weighted by molar-refractivity contribution is 0.262. The number of hydrogen-bond acceptors (Lipinski definition) is 1. The Balaban J connectivity index is 2.05. The molecule has 0 radical (unpaired) electrons. The maximum absolute atomic E-state index is 11.8. The first-order valence-electron chi connectivity index (χ1n) is 5.54. The number of benzene rings is 2. The molecule has 2 rings (SSSR count). The fourth-order valence-electron chi connectivity index (χ4n) is 1.54. The lowest BCUT2D eigenvalue weighted by atomic mass is 10.2. The molecule has 0 aliphatic carbocycles. The minimum Gasteiger partial charge on any atom is -0.308 e. The maximum Gasteiger partial charge on any atom is 0.323 e. The molecule has 0 heterocycles. The van der Waals surface area contributed by atoms with Crippen molar-refractivity contribution in [2.24, 2.45) is 0 Å². The topological polar surface area (TPSA) is 41.1 Å². The Morgan fingerprint density at radius 3 is 2.50 bits per heavy atom. The predicted octanol–water partition coefficient (Wildman–Crippen LogP) is 4.29. The Hall–Kier alpha value is -2.00. The summed E-state index contributed by atoms with van der Waals surface area (Å²) in [5.41, 5.74) is 2.41. The van der Waals surface area contributed by atoms with Gasteiger partial charge in [0.2, 0.25) is 0 Å². The molecule has 18 heavy (non-hydrogen) atoms. The summed E-state index contributed by atoms with van der Waals surface area (Å²) in [5, 5.41) is 6.10. The summed E-state index contributed by atoms with van der Waals surface area (Å²) in [4.78, 5) is 11.8. The lowest BCUT2D eigenvalue weighted by Gasteiger charge is -2.10. The average Bonchev–Trinajstić information content (AvgIpc) is 2.35. The lowest BCUT2D eigenvalue weighted by Crippen LogP contribution is -2.19. The summed E-state index contributed by atoms with van der Waals surface area (Å²) in [6.45, 7) is 1.91. The van der Waals surface area contributed by atoms with Crippen LogP contribution in [0.15, 0.2) is 48.5 Å². The highest BCUT2D eigenvalue weighted by atomic mass is 35.5. The largest absolute Gasteiger partial charge is 0.323 e. The summed E-state index contributed by atoms with van der Waals surface area (Å²) >= 11 is 5.89. The fraction of sp³-hybridized carbons (Fsp3) is 0.0714. The summed E-state index contributed by atoms with van der Waals surface area (Å²) in [5.74, 6) is 0. The molecule has 2 aromatic carbocycles. The molecule has 0 spiro atoms. The first kappa shape index (κ1) is 12.5. The van der Waals surface area contributed by atoms with E-state index in [0.717, 1.165) is 11.3 Å². The van der Waals surface area contributed by atoms with Gasteiger partial charge < -0.3 is 10.6 Å². The van der Waals surface area contributed by atoms with Crippen molar-refractivity contribution >= 4 is 29.0 Å². The van der Waals surface area contributed by atoms with Crippen LogP contribution in [0.25, 0.3) is 0 Å². The van der Waals surface area contributed by atoms with E-state index >= 15 is 0 Å². The molecule has 0 bridgehead atoms. The molecule has 92 valence electrons. The predicted molar refractivity (Wildman–Crippen MR) is 75.3 cm³/mol. The van der Waals surface area contributed by atoms with Crippen molar-refractivity contribution in [3.8, 4) is 0 Å². The normalized spacial score (nSPS) is 9.89. The zero-order valence-electron chi connectivity index (χ0n) is 9.91. The van der Waals surface area contributed by atoms with Crippen molar-refractivity contribution in [1.29, 1.82) is 0 Å². The standard InChI is InChI=1S/C14H13ClN2O/c1-10-7-8-11(15)9-13(10)17-14(18)16-12-5-3-2-4-6-12/h2-9H,1H3,(H2,16,17,18). The number of urea groups is 1. The highest BCUT2D eigenvalue weighted by molar-refractivity contribution is 6.31. The van der Waals surface area contributed by atoms with Gasteiger partial charge in [0.05, 0.1) is 0 Å². The molecular weight excluding hydrogens is 248 g/mol. The zero-order valence-corrected chi connectivity index (χ0v) is 10.7. The molecule has 0 fully saturated rings. The first-order chi connectivity index (χ1) is 8.65. The van der Waals surface area contributed by atoms with Gasteiger partial charge >= 0.3 is 6.03 Å². The van der Waals surface area contributed by atoms with Gasteiger partial charge in [-0.1, -0.05) is 35.9 Å². The van der Waals surface area contributed by atoms with E-state index in [1.165, 1.54) is 0 Å². The van der Waals surface area contributed by atoms with E-state index in [9.17, 15) is 4.79 Å². The number of carbonyl (C=O) groups is 1. The second-order valence-electron chi connectivity index (χ2n) is 3.90. The third-order valence-electron chi connectivity index (χ3n) is 2.48. The summed E-state index contributed by atoms with van der Waals surface area (Å²) in [6, 6.07) is 14.4. The SMILES string of the molecule is Cc1ccc(Cl)cc1NC(=O)Nc1ccccc1. The molecule has 2 N–H and O–H groups in total. The number of halogens is 1. The maximum atomic E-state index is 11.8. The molecule has 0 atom stereocenters. The first-order valence-corrected chi connectivity index (χ1v) is 5.92. The van der Waals surface area contributed by atoms with Gasteiger partial charge in [-0.25, -0.2) is 4.79 Å². The number of anilines is 2. The summed E-state index contributed by atoms with van der Waals surface area (Å²) < 4.78 is 0. The van der Waals surface area contributed by atoms with Crippen LogP contribution in [-0.2, 0) is 0 Å². The van der Waals surface area contributed by atoms with Gasteiger partial charge in [0, 0.05) is 16.4 Å². The number of aryl methyl sites for hydroxylation is 1. The van der Waals surface area contributed by atoms with Gasteiger partial charge in [-0.05, 0) is 36.8 Å². The van der Waals surface area contributed by atoms with E-state index in [1.807, 2.05) is 43.3 Å². The van der Waals surface area contributed by atoms with Crippen molar-refractivity contribution in [3.05, 3.63) is 59.1 Å². The molecule has 2 aromatic rings. The Kier molecular flexibility index (Phi) is 3.85. The van der Waals surface area contributed by atoms with Crippen LogP contribution in [0, 0.1) is 6.92 Å². The number of amides is 2. The van der Waals surface area contributed by atoms with Gasteiger partial charge in [-0.15, -0.1) is 0 Å². The Labute approximate surface area is 111 Å². The van der Waals surface area contributed by atoms with Crippen molar-refractivity contribution in [1.82, 2.24) is 0 Å². The third-order valence-corrected chi connectivity index (χ3v) is 2.71. The van der Waals surface area contributed by atoms with Gasteiger partial charge in [-0.2, -0.15) is 0 Å². The highest BCUT2D eigenvalue weighted by Gasteiger charge is 2.05. The number of rotatable bonds is 2. The van der Waals surface area contributed by atoms with E-state index in [4.69, 9.17) is 11.6 Å². The molecule has 0 aliphatic rings. The number of nitrogens with one attached hydrogen (secondary N) is 2. The highest BCUT2D eigenvalue weighted by Crippen LogP contribution is 2.20. The van der Waals surface area contributed by atoms with Crippen LogP contribution in [-0.4, -0.2) is 6.03 Å². The van der Waals surface area contributed by atoms with E-state index in [-0.39, 0.29) is 6.03 Å². The van der Waals surface area contributed by atoms with Gasteiger partial charge in [0.15, 0.2) is 0 Å². The van der Waals surface area contributed by atoms with E-state index in [2.05, 4.69) is 10.6 Å². The third kappa shape index (κ3) is 3.25. The average molecular weight is 261 g/mol. The van der Waals surface area contributed by atoms with Crippen LogP contribution in [0.2, 0.25) is 5.02 Å². The van der Waals surface area contributed by atoms with Gasteiger partial charge in [0.1, 0.15) is 0 Å². The monoisotopic (exact) mass is 260 g/mol. The van der Waals surface area contributed by atoms with Crippen molar-refractivity contribution in [2.75, 3.05) is 10.6 Å². The minimum absolute atomic E-state index is 0.286. The molecule has 3 nitrogen and oxygen atoms in total. The van der Waals surface area contributed by atoms with Crippen LogP contribution in [0.3, 0.4) is 0 Å².